The summed E-state index contributed by atoms with van der Waals surface area (Å²) < 4.78 is 7.98. The average molecular weight is 408 g/mol. The minimum Gasteiger partial charge on any atom is -0.370 e. The second-order valence-electron chi connectivity index (χ2n) is 6.49. The third-order valence-corrected chi connectivity index (χ3v) is 5.29. The van der Waals surface area contributed by atoms with Gasteiger partial charge < -0.3 is 14.4 Å². The normalized spacial score (nSPS) is 10.6. The van der Waals surface area contributed by atoms with Crippen molar-refractivity contribution in [2.24, 2.45) is 0 Å². The maximum atomic E-state index is 11.6. The molecule has 3 N–H and O–H groups in total. The van der Waals surface area contributed by atoms with Crippen LogP contribution >= 0.6 is 11.9 Å². The van der Waals surface area contributed by atoms with Crippen molar-refractivity contribution in [3.63, 3.8) is 0 Å². The molecule has 3 aromatic carbocycles. The van der Waals surface area contributed by atoms with Crippen molar-refractivity contribution in [1.29, 1.82) is 0 Å². The van der Waals surface area contributed by atoms with Gasteiger partial charge in [-0.1, -0.05) is 42.5 Å². The molecule has 0 aliphatic carbocycles. The summed E-state index contributed by atoms with van der Waals surface area (Å²) in [5, 5.41) is 6.22. The summed E-state index contributed by atoms with van der Waals surface area (Å²) >= 11 is 1.59. The molecule has 0 aliphatic rings. The lowest BCUT2D eigenvalue weighted by atomic mass is 10.1. The first-order chi connectivity index (χ1) is 14.1. The number of fused-ring (bicyclic) bond motifs is 2. The number of anilines is 1. The van der Waals surface area contributed by atoms with Crippen molar-refractivity contribution in [3.05, 3.63) is 72.4 Å². The van der Waals surface area contributed by atoms with Gasteiger partial charge in [-0.05, 0) is 54.9 Å². The molecule has 4 rings (SSSR count). The molecular weight excluding hydrogens is 382 g/mol. The summed E-state index contributed by atoms with van der Waals surface area (Å²) in [4.78, 5) is 16.0. The van der Waals surface area contributed by atoms with Crippen LogP contribution in [0.5, 0.6) is 0 Å². The Labute approximate surface area is 175 Å². The van der Waals surface area contributed by atoms with E-state index in [0.717, 1.165) is 22.2 Å². The topological polar surface area (TPSA) is 66.2 Å². The minimum absolute atomic E-state index is 0.0760. The van der Waals surface area contributed by atoms with Gasteiger partial charge in [0.15, 0.2) is 5.78 Å². The number of aromatic amines is 1. The number of carbonyl (C=O) groups is 1. The van der Waals surface area contributed by atoms with Gasteiger partial charge in [0, 0.05) is 40.4 Å². The molecule has 0 unspecified atom stereocenters. The lowest BCUT2D eigenvalue weighted by Crippen LogP contribution is -2.08. The average Bonchev–Trinajstić information content (AvgIpc) is 3.17. The van der Waals surface area contributed by atoms with E-state index in [-0.39, 0.29) is 5.78 Å². The van der Waals surface area contributed by atoms with E-state index in [9.17, 15) is 4.79 Å². The Morgan fingerprint density at radius 2 is 1.86 bits per heavy atom. The van der Waals surface area contributed by atoms with Gasteiger partial charge in [0.25, 0.3) is 0 Å². The molecule has 0 spiro atoms. The number of hydrogen-bond acceptors (Lipinski definition) is 5. The van der Waals surface area contributed by atoms with Crippen LogP contribution in [0, 0.1) is 0 Å². The molecule has 0 saturated heterocycles. The fourth-order valence-corrected chi connectivity index (χ4v) is 3.82. The van der Waals surface area contributed by atoms with E-state index < -0.39 is 0 Å². The van der Waals surface area contributed by atoms with Crippen molar-refractivity contribution < 1.29 is 9.53 Å². The smallest absolute Gasteiger partial charge is 0.161 e. The number of rotatable bonds is 6. The molecule has 1 heterocycles. The van der Waals surface area contributed by atoms with Gasteiger partial charge in [-0.25, -0.2) is 0 Å². The second-order valence-corrected chi connectivity index (χ2v) is 7.33. The summed E-state index contributed by atoms with van der Waals surface area (Å²) in [6.45, 7) is 2.23. The number of ether oxygens (including phenoxy) is 1. The third kappa shape index (κ3) is 5.17. The van der Waals surface area contributed by atoms with E-state index in [1.807, 2.05) is 25.2 Å². The molecule has 0 atom stereocenters. The van der Waals surface area contributed by atoms with Gasteiger partial charge in [-0.15, -0.1) is 0 Å². The number of nitrogens with one attached hydrogen (secondary N) is 3. The highest BCUT2D eigenvalue weighted by Crippen LogP contribution is 2.30. The van der Waals surface area contributed by atoms with Gasteiger partial charge in [0.05, 0.1) is 6.73 Å². The Balaban J connectivity index is 0.000000431. The van der Waals surface area contributed by atoms with Gasteiger partial charge >= 0.3 is 0 Å². The van der Waals surface area contributed by atoms with Crippen LogP contribution in [0.1, 0.15) is 17.3 Å². The number of ketones is 1. The standard InChI is InChI=1S/C20H16N2OS.C3H9NO/c1-13(23)18-12-21-19-11-15(9-10-17(18)19)22-24-20-8-4-6-14-5-2-3-7-16(14)20;1-4-3-5-2/h2-12,21-22H,1H3;4H,3H2,1-2H3. The van der Waals surface area contributed by atoms with E-state index in [0.29, 0.717) is 6.73 Å². The van der Waals surface area contributed by atoms with Crippen LogP contribution in [-0.4, -0.2) is 31.7 Å². The molecule has 1 aromatic heterocycles. The zero-order chi connectivity index (χ0) is 20.6. The fourth-order valence-electron chi connectivity index (χ4n) is 3.02. The summed E-state index contributed by atoms with van der Waals surface area (Å²) in [5.41, 5.74) is 2.69. The van der Waals surface area contributed by atoms with Crippen LogP contribution in [0.25, 0.3) is 21.7 Å². The van der Waals surface area contributed by atoms with E-state index >= 15 is 0 Å². The lowest BCUT2D eigenvalue weighted by Gasteiger charge is -2.08. The number of benzene rings is 3. The maximum Gasteiger partial charge on any atom is 0.161 e. The van der Waals surface area contributed by atoms with Crippen molar-refractivity contribution in [2.45, 2.75) is 11.8 Å². The first kappa shape index (κ1) is 20.9. The number of aromatic nitrogens is 1. The van der Waals surface area contributed by atoms with Gasteiger partial charge in [-0.3, -0.25) is 10.1 Å². The monoisotopic (exact) mass is 407 g/mol. The lowest BCUT2D eigenvalue weighted by molar-refractivity contribution is 0.101. The van der Waals surface area contributed by atoms with Crippen molar-refractivity contribution in [2.75, 3.05) is 25.6 Å². The van der Waals surface area contributed by atoms with Crippen molar-refractivity contribution >= 4 is 45.1 Å². The van der Waals surface area contributed by atoms with Gasteiger partial charge in [0.2, 0.25) is 0 Å². The minimum atomic E-state index is 0.0760. The molecule has 0 aliphatic heterocycles. The highest BCUT2D eigenvalue weighted by Gasteiger charge is 2.08. The Hall–Kier alpha value is -2.80. The van der Waals surface area contributed by atoms with E-state index in [2.05, 4.69) is 62.2 Å². The van der Waals surface area contributed by atoms with Crippen LogP contribution in [0.2, 0.25) is 0 Å². The number of methoxy groups -OCH3 is 1. The Kier molecular flexibility index (Phi) is 7.30. The first-order valence-electron chi connectivity index (χ1n) is 9.30. The zero-order valence-corrected chi connectivity index (χ0v) is 17.6. The van der Waals surface area contributed by atoms with Gasteiger partial charge in [0.1, 0.15) is 0 Å². The van der Waals surface area contributed by atoms with Gasteiger partial charge in [-0.2, -0.15) is 0 Å². The first-order valence-corrected chi connectivity index (χ1v) is 10.1. The Bertz CT molecular complexity index is 1100. The largest absolute Gasteiger partial charge is 0.370 e. The van der Waals surface area contributed by atoms with E-state index in [1.165, 1.54) is 15.7 Å². The highest BCUT2D eigenvalue weighted by molar-refractivity contribution is 8.00. The predicted molar refractivity (Wildman–Crippen MR) is 123 cm³/mol. The number of H-pyrrole nitrogens is 1. The number of carbonyl (C=O) groups excluding carboxylic acids is 1. The molecule has 0 amide bonds. The summed E-state index contributed by atoms with van der Waals surface area (Å²) in [6, 6.07) is 20.7. The van der Waals surface area contributed by atoms with Crippen LogP contribution in [0.15, 0.2) is 71.8 Å². The zero-order valence-electron chi connectivity index (χ0n) is 16.8. The quantitative estimate of drug-likeness (QED) is 0.225. The molecule has 6 heteroatoms. The van der Waals surface area contributed by atoms with Crippen molar-refractivity contribution in [3.8, 4) is 0 Å². The Morgan fingerprint density at radius 1 is 1.07 bits per heavy atom. The van der Waals surface area contributed by atoms with Crippen molar-refractivity contribution in [1.82, 2.24) is 10.3 Å². The predicted octanol–water partition coefficient (Wildman–Crippen LogP) is 5.45. The maximum absolute atomic E-state index is 11.6. The summed E-state index contributed by atoms with van der Waals surface area (Å²) in [6.07, 6.45) is 1.77. The number of Topliss-reactive ketones (excluding diaryl/α,β-unsaturated/α-hetero) is 1. The molecule has 0 fully saturated rings. The molecule has 150 valence electrons. The molecule has 0 radical (unpaired) electrons. The molecule has 4 aromatic rings. The third-order valence-electron chi connectivity index (χ3n) is 4.38. The van der Waals surface area contributed by atoms with E-state index in [4.69, 9.17) is 0 Å². The summed E-state index contributed by atoms with van der Waals surface area (Å²) in [7, 11) is 3.49. The van der Waals surface area contributed by atoms with Crippen LogP contribution in [-0.2, 0) is 4.74 Å². The second kappa shape index (κ2) is 10.1. The van der Waals surface area contributed by atoms with Crippen LogP contribution in [0.3, 0.4) is 0 Å². The van der Waals surface area contributed by atoms with Crippen LogP contribution in [0.4, 0.5) is 5.69 Å². The fraction of sp³-hybridized carbons (Fsp3) is 0.174. The molecule has 0 saturated carbocycles. The number of hydrogen-bond donors (Lipinski definition) is 3. The van der Waals surface area contributed by atoms with Crippen LogP contribution < -0.4 is 10.0 Å². The molecule has 29 heavy (non-hydrogen) atoms. The summed E-state index contributed by atoms with van der Waals surface area (Å²) in [5.74, 6) is 0.0760. The molecule has 0 bridgehead atoms. The highest BCUT2D eigenvalue weighted by atomic mass is 32.2. The van der Waals surface area contributed by atoms with E-state index in [1.54, 1.807) is 32.2 Å². The molecule has 5 nitrogen and oxygen atoms in total. The molecular formula is C23H25N3O2S. The Morgan fingerprint density at radius 3 is 2.59 bits per heavy atom. The SMILES string of the molecule is CC(=O)c1c[nH]c2cc(NSc3cccc4ccccc34)ccc12.CNCOC.